The molecule has 0 spiro atoms. The summed E-state index contributed by atoms with van der Waals surface area (Å²) in [6, 6.07) is 0.290. The summed E-state index contributed by atoms with van der Waals surface area (Å²) in [6.45, 7) is 7.86. The number of fused-ring (bicyclic) bond motifs is 5. The third kappa shape index (κ3) is 3.15. The van der Waals surface area contributed by atoms with Gasteiger partial charge >= 0.3 is 0 Å². The van der Waals surface area contributed by atoms with Crippen LogP contribution in [0.2, 0.25) is 0 Å². The smallest absolute Gasteiger partial charge is 0.269 e. The highest BCUT2D eigenvalue weighted by Crippen LogP contribution is 2.66. The van der Waals surface area contributed by atoms with Crippen molar-refractivity contribution in [1.82, 2.24) is 9.80 Å². The molecule has 4 fully saturated rings. The average molecular weight is 430 g/mol. The van der Waals surface area contributed by atoms with Crippen molar-refractivity contribution < 1.29 is 14.3 Å². The summed E-state index contributed by atoms with van der Waals surface area (Å²) in [6.07, 6.45) is 9.94. The first-order chi connectivity index (χ1) is 14.8. The Bertz CT molecular complexity index is 791. The zero-order valence-corrected chi connectivity index (χ0v) is 19.4. The van der Waals surface area contributed by atoms with Gasteiger partial charge in [-0.25, -0.2) is 0 Å². The summed E-state index contributed by atoms with van der Waals surface area (Å²) >= 11 is 0. The summed E-state index contributed by atoms with van der Waals surface area (Å²) in [5, 5.41) is 0. The standard InChI is InChI=1S/C25H39N3O3/c1-24-9-8-19-17(18(24)6-4-16(24)14-22(26)29)5-7-21-25(19,2)15-20(23(30)27(21)3)28-10-12-31-13-11-28/h15-19,21H,4-14H2,1-3H3,(H2,26,29)/t16-,17+,18+,19+,21-,24-,25-/m1/s1. The molecular weight excluding hydrogens is 390 g/mol. The molecule has 2 aliphatic heterocycles. The van der Waals surface area contributed by atoms with E-state index in [1.807, 2.05) is 7.05 Å². The molecule has 5 rings (SSSR count). The number of hydrogen-bond acceptors (Lipinski definition) is 4. The molecule has 172 valence electrons. The van der Waals surface area contributed by atoms with Crippen LogP contribution >= 0.6 is 0 Å². The van der Waals surface area contributed by atoms with E-state index in [2.05, 4.69) is 29.7 Å². The fraction of sp³-hybridized carbons (Fsp3) is 0.840. The highest BCUT2D eigenvalue weighted by Gasteiger charge is 2.61. The Labute approximate surface area is 186 Å². The van der Waals surface area contributed by atoms with Gasteiger partial charge in [0.1, 0.15) is 0 Å². The van der Waals surface area contributed by atoms with Gasteiger partial charge in [-0.3, -0.25) is 9.59 Å². The van der Waals surface area contributed by atoms with Gasteiger partial charge < -0.3 is 20.3 Å². The first-order valence-electron chi connectivity index (χ1n) is 12.4. The van der Waals surface area contributed by atoms with Crippen molar-refractivity contribution in [2.75, 3.05) is 33.4 Å². The molecule has 7 atom stereocenters. The van der Waals surface area contributed by atoms with Crippen LogP contribution in [-0.4, -0.2) is 61.0 Å². The summed E-state index contributed by atoms with van der Waals surface area (Å²) < 4.78 is 5.54. The Morgan fingerprint density at radius 1 is 1.13 bits per heavy atom. The predicted molar refractivity (Wildman–Crippen MR) is 119 cm³/mol. The zero-order chi connectivity index (χ0) is 22.0. The van der Waals surface area contributed by atoms with E-state index in [0.717, 1.165) is 31.6 Å². The second-order valence-corrected chi connectivity index (χ2v) is 11.4. The van der Waals surface area contributed by atoms with E-state index < -0.39 is 0 Å². The van der Waals surface area contributed by atoms with E-state index in [-0.39, 0.29) is 22.6 Å². The fourth-order valence-electron chi connectivity index (χ4n) is 8.58. The third-order valence-corrected chi connectivity index (χ3v) is 10.2. The maximum absolute atomic E-state index is 13.3. The topological polar surface area (TPSA) is 75.9 Å². The zero-order valence-electron chi connectivity index (χ0n) is 19.4. The third-order valence-electron chi connectivity index (χ3n) is 10.2. The van der Waals surface area contributed by atoms with Gasteiger partial charge in [0.25, 0.3) is 5.91 Å². The lowest BCUT2D eigenvalue weighted by Crippen LogP contribution is -2.61. The lowest BCUT2D eigenvalue weighted by molar-refractivity contribution is -0.143. The molecule has 2 heterocycles. The number of nitrogens with two attached hydrogens (primary N) is 1. The van der Waals surface area contributed by atoms with Crippen LogP contribution in [0.25, 0.3) is 0 Å². The van der Waals surface area contributed by atoms with Crippen molar-refractivity contribution in [3.63, 3.8) is 0 Å². The van der Waals surface area contributed by atoms with Crippen molar-refractivity contribution in [3.05, 3.63) is 11.8 Å². The van der Waals surface area contributed by atoms with E-state index in [9.17, 15) is 9.59 Å². The average Bonchev–Trinajstić information content (AvgIpc) is 3.07. The van der Waals surface area contributed by atoms with E-state index in [1.165, 1.54) is 25.7 Å². The van der Waals surface area contributed by atoms with Crippen LogP contribution in [0.3, 0.4) is 0 Å². The number of rotatable bonds is 3. The van der Waals surface area contributed by atoms with Crippen LogP contribution in [0, 0.1) is 34.5 Å². The van der Waals surface area contributed by atoms with E-state index >= 15 is 0 Å². The monoisotopic (exact) mass is 429 g/mol. The van der Waals surface area contributed by atoms with Gasteiger partial charge in [0.2, 0.25) is 5.91 Å². The quantitative estimate of drug-likeness (QED) is 0.749. The Morgan fingerprint density at radius 3 is 2.58 bits per heavy atom. The minimum absolute atomic E-state index is 0.0162. The minimum Gasteiger partial charge on any atom is -0.378 e. The molecule has 2 amide bonds. The maximum Gasteiger partial charge on any atom is 0.269 e. The number of carbonyl (C=O) groups is 2. The fourth-order valence-corrected chi connectivity index (χ4v) is 8.58. The molecule has 0 radical (unpaired) electrons. The van der Waals surface area contributed by atoms with Crippen molar-refractivity contribution in [3.8, 4) is 0 Å². The van der Waals surface area contributed by atoms with Crippen molar-refractivity contribution in [2.45, 2.75) is 64.8 Å². The number of hydrogen-bond donors (Lipinski definition) is 1. The number of amides is 2. The Kier molecular flexibility index (Phi) is 5.15. The van der Waals surface area contributed by atoms with Crippen molar-refractivity contribution >= 4 is 11.8 Å². The van der Waals surface area contributed by atoms with Gasteiger partial charge in [-0.1, -0.05) is 13.8 Å². The second-order valence-electron chi connectivity index (χ2n) is 11.4. The largest absolute Gasteiger partial charge is 0.378 e. The molecule has 31 heavy (non-hydrogen) atoms. The molecule has 3 saturated carbocycles. The van der Waals surface area contributed by atoms with E-state index in [1.54, 1.807) is 0 Å². The molecule has 5 aliphatic rings. The molecule has 3 aliphatic carbocycles. The number of nitrogens with zero attached hydrogens (tertiary/aromatic N) is 2. The first kappa shape index (κ1) is 21.3. The Balaban J connectivity index is 1.47. The minimum atomic E-state index is -0.143. The van der Waals surface area contributed by atoms with E-state index in [0.29, 0.717) is 49.3 Å². The summed E-state index contributed by atoms with van der Waals surface area (Å²) in [5.41, 5.74) is 6.77. The van der Waals surface area contributed by atoms with Crippen LogP contribution in [-0.2, 0) is 14.3 Å². The lowest BCUT2D eigenvalue weighted by Gasteiger charge is -2.61. The van der Waals surface area contributed by atoms with Gasteiger partial charge in [-0.2, -0.15) is 0 Å². The van der Waals surface area contributed by atoms with Crippen LogP contribution < -0.4 is 5.73 Å². The molecule has 0 unspecified atom stereocenters. The summed E-state index contributed by atoms with van der Waals surface area (Å²) in [5.74, 6) is 2.44. The van der Waals surface area contributed by atoms with E-state index in [4.69, 9.17) is 10.5 Å². The molecular formula is C25H39N3O3. The number of primary amides is 1. The number of carbonyl (C=O) groups excluding carboxylic acids is 2. The summed E-state index contributed by atoms with van der Waals surface area (Å²) in [4.78, 5) is 29.3. The van der Waals surface area contributed by atoms with Gasteiger partial charge in [0.05, 0.1) is 18.9 Å². The van der Waals surface area contributed by atoms with Gasteiger partial charge in [-0.15, -0.1) is 0 Å². The Morgan fingerprint density at radius 2 is 1.87 bits per heavy atom. The molecule has 1 saturated heterocycles. The normalized spacial score (nSPS) is 44.9. The first-order valence-corrected chi connectivity index (χ1v) is 12.4. The number of likely N-dealkylation sites (N-methyl/N-ethyl adjacent to an activating group) is 1. The molecule has 0 aromatic heterocycles. The highest BCUT2D eigenvalue weighted by molar-refractivity contribution is 5.94. The van der Waals surface area contributed by atoms with Gasteiger partial charge in [-0.05, 0) is 73.7 Å². The number of ether oxygens (including phenoxy) is 1. The van der Waals surface area contributed by atoms with Crippen LogP contribution in [0.1, 0.15) is 58.8 Å². The van der Waals surface area contributed by atoms with Crippen LogP contribution in [0.4, 0.5) is 0 Å². The van der Waals surface area contributed by atoms with Gasteiger partial charge in [0, 0.05) is 38.0 Å². The van der Waals surface area contributed by atoms with Crippen molar-refractivity contribution in [1.29, 1.82) is 0 Å². The van der Waals surface area contributed by atoms with Crippen molar-refractivity contribution in [2.24, 2.45) is 40.2 Å². The lowest BCUT2D eigenvalue weighted by atomic mass is 9.47. The molecule has 0 aromatic carbocycles. The predicted octanol–water partition coefficient (Wildman–Crippen LogP) is 2.78. The summed E-state index contributed by atoms with van der Waals surface area (Å²) in [7, 11) is 2.02. The molecule has 6 heteroatoms. The molecule has 6 nitrogen and oxygen atoms in total. The molecule has 2 N–H and O–H groups in total. The van der Waals surface area contributed by atoms with Gasteiger partial charge in [0.15, 0.2) is 0 Å². The SMILES string of the molecule is CN1C(=O)C(N2CCOCC2)=C[C@]2(C)[C@H]3CC[C@]4(C)[C@@H](CC(N)=O)CC[C@H]4[C@@H]3CC[C@@H]12. The molecule has 0 bridgehead atoms. The van der Waals surface area contributed by atoms with Crippen LogP contribution in [0.15, 0.2) is 11.8 Å². The maximum atomic E-state index is 13.3. The Hall–Kier alpha value is -1.56. The highest BCUT2D eigenvalue weighted by atomic mass is 16.5. The second kappa shape index (κ2) is 7.50. The molecule has 0 aromatic rings. The van der Waals surface area contributed by atoms with Crippen LogP contribution in [0.5, 0.6) is 0 Å². The number of morpholine rings is 1.